The number of ether oxygens (including phenoxy) is 3. The molecule has 0 amide bonds. The SMILES string of the molecule is COc1c(C)c(OC)c2c(c1OC)C(C)CC1=C2C(C)=CC1=O. The third-order valence-corrected chi connectivity index (χ3v) is 4.84. The van der Waals surface area contributed by atoms with Crippen LogP contribution >= 0.6 is 0 Å². The molecule has 2 aliphatic carbocycles. The van der Waals surface area contributed by atoms with E-state index >= 15 is 0 Å². The first-order valence-corrected chi connectivity index (χ1v) is 7.75. The number of allylic oxidation sites excluding steroid dienone is 4. The van der Waals surface area contributed by atoms with Gasteiger partial charge in [-0.1, -0.05) is 6.92 Å². The Labute approximate surface area is 136 Å². The maximum absolute atomic E-state index is 12.3. The van der Waals surface area contributed by atoms with E-state index in [1.165, 1.54) is 0 Å². The van der Waals surface area contributed by atoms with Crippen LogP contribution in [-0.4, -0.2) is 27.1 Å². The number of rotatable bonds is 3. The van der Waals surface area contributed by atoms with Gasteiger partial charge in [0.15, 0.2) is 17.3 Å². The second kappa shape index (κ2) is 5.44. The first-order chi connectivity index (χ1) is 11.0. The van der Waals surface area contributed by atoms with Crippen molar-refractivity contribution in [3.05, 3.63) is 33.9 Å². The molecule has 0 aromatic heterocycles. The molecule has 0 radical (unpaired) electrons. The van der Waals surface area contributed by atoms with E-state index in [1.54, 1.807) is 27.4 Å². The molecular formula is C19H22O4. The number of carbonyl (C=O) groups excluding carboxylic acids is 1. The van der Waals surface area contributed by atoms with Crippen molar-refractivity contribution in [3.63, 3.8) is 0 Å². The number of fused-ring (bicyclic) bond motifs is 2. The predicted molar refractivity (Wildman–Crippen MR) is 89.6 cm³/mol. The molecule has 0 fully saturated rings. The van der Waals surface area contributed by atoms with Gasteiger partial charge in [0, 0.05) is 22.3 Å². The standard InChI is InChI=1S/C19H22O4/c1-9-7-12-13(20)8-10(2)14(12)16-15(9)19(23-6)18(22-5)11(3)17(16)21-4/h8-9H,7H2,1-6H3. The van der Waals surface area contributed by atoms with Crippen LogP contribution in [0.4, 0.5) is 0 Å². The quantitative estimate of drug-likeness (QED) is 0.851. The molecule has 0 spiro atoms. The van der Waals surface area contributed by atoms with Gasteiger partial charge in [0.25, 0.3) is 0 Å². The van der Waals surface area contributed by atoms with E-state index in [2.05, 4.69) is 6.92 Å². The molecule has 0 bridgehead atoms. The smallest absolute Gasteiger partial charge is 0.182 e. The summed E-state index contributed by atoms with van der Waals surface area (Å²) in [5.41, 5.74) is 5.81. The molecule has 0 saturated carbocycles. The summed E-state index contributed by atoms with van der Waals surface area (Å²) >= 11 is 0. The summed E-state index contributed by atoms with van der Waals surface area (Å²) < 4.78 is 17.0. The fourth-order valence-electron chi connectivity index (χ4n) is 3.92. The molecule has 1 aromatic carbocycles. The van der Waals surface area contributed by atoms with Gasteiger partial charge in [-0.15, -0.1) is 0 Å². The van der Waals surface area contributed by atoms with Crippen LogP contribution in [0, 0.1) is 6.92 Å². The molecule has 1 unspecified atom stereocenters. The molecule has 1 aromatic rings. The van der Waals surface area contributed by atoms with Gasteiger partial charge in [-0.05, 0) is 43.4 Å². The van der Waals surface area contributed by atoms with Crippen LogP contribution in [0.1, 0.15) is 42.9 Å². The number of carbonyl (C=O) groups is 1. The van der Waals surface area contributed by atoms with E-state index in [-0.39, 0.29) is 11.7 Å². The highest BCUT2D eigenvalue weighted by Gasteiger charge is 2.38. The van der Waals surface area contributed by atoms with Crippen LogP contribution in [0.2, 0.25) is 0 Å². The van der Waals surface area contributed by atoms with Crippen molar-refractivity contribution in [2.24, 2.45) is 0 Å². The Kier molecular flexibility index (Phi) is 3.71. The average molecular weight is 314 g/mol. The summed E-state index contributed by atoms with van der Waals surface area (Å²) in [6, 6.07) is 0. The Balaban J connectivity index is 2.46. The topological polar surface area (TPSA) is 44.8 Å². The monoisotopic (exact) mass is 314 g/mol. The van der Waals surface area contributed by atoms with E-state index in [1.807, 2.05) is 13.8 Å². The minimum absolute atomic E-state index is 0.115. The summed E-state index contributed by atoms with van der Waals surface area (Å²) in [6.07, 6.45) is 2.43. The zero-order valence-electron chi connectivity index (χ0n) is 14.5. The van der Waals surface area contributed by atoms with E-state index in [9.17, 15) is 4.79 Å². The van der Waals surface area contributed by atoms with E-state index in [4.69, 9.17) is 14.2 Å². The van der Waals surface area contributed by atoms with Crippen LogP contribution in [0.25, 0.3) is 5.57 Å². The first-order valence-electron chi connectivity index (χ1n) is 7.75. The minimum Gasteiger partial charge on any atom is -0.496 e. The number of hydrogen-bond acceptors (Lipinski definition) is 4. The predicted octanol–water partition coefficient (Wildman–Crippen LogP) is 3.81. The second-order valence-corrected chi connectivity index (χ2v) is 6.16. The van der Waals surface area contributed by atoms with Crippen molar-refractivity contribution < 1.29 is 19.0 Å². The lowest BCUT2D eigenvalue weighted by atomic mass is 9.77. The van der Waals surface area contributed by atoms with Gasteiger partial charge < -0.3 is 14.2 Å². The van der Waals surface area contributed by atoms with Crippen molar-refractivity contribution in [2.45, 2.75) is 33.1 Å². The lowest BCUT2D eigenvalue weighted by molar-refractivity contribution is -0.111. The molecule has 0 N–H and O–H groups in total. The van der Waals surface area contributed by atoms with Crippen molar-refractivity contribution in [1.29, 1.82) is 0 Å². The van der Waals surface area contributed by atoms with Gasteiger partial charge >= 0.3 is 0 Å². The van der Waals surface area contributed by atoms with Crippen molar-refractivity contribution in [2.75, 3.05) is 21.3 Å². The maximum Gasteiger partial charge on any atom is 0.182 e. The van der Waals surface area contributed by atoms with Crippen molar-refractivity contribution in [1.82, 2.24) is 0 Å². The summed E-state index contributed by atoms with van der Waals surface area (Å²) in [5.74, 6) is 2.48. The van der Waals surface area contributed by atoms with Gasteiger partial charge in [-0.2, -0.15) is 0 Å². The molecule has 122 valence electrons. The van der Waals surface area contributed by atoms with Crippen LogP contribution in [0.3, 0.4) is 0 Å². The molecular weight excluding hydrogens is 292 g/mol. The first kappa shape index (κ1) is 15.7. The lowest BCUT2D eigenvalue weighted by Crippen LogP contribution is -2.15. The molecule has 3 rings (SSSR count). The van der Waals surface area contributed by atoms with E-state index in [0.717, 1.165) is 44.9 Å². The highest BCUT2D eigenvalue weighted by atomic mass is 16.5. The molecule has 2 aliphatic rings. The minimum atomic E-state index is 0.115. The molecule has 4 heteroatoms. The number of ketones is 1. The normalized spacial score (nSPS) is 19.3. The zero-order valence-corrected chi connectivity index (χ0v) is 14.5. The summed E-state index contributed by atoms with van der Waals surface area (Å²) in [5, 5.41) is 0. The zero-order chi connectivity index (χ0) is 16.9. The molecule has 0 heterocycles. The summed E-state index contributed by atoms with van der Waals surface area (Å²) in [4.78, 5) is 12.3. The summed E-state index contributed by atoms with van der Waals surface area (Å²) in [6.45, 7) is 6.04. The van der Waals surface area contributed by atoms with Gasteiger partial charge in [0.2, 0.25) is 0 Å². The highest BCUT2D eigenvalue weighted by Crippen LogP contribution is 2.55. The Morgan fingerprint density at radius 2 is 1.61 bits per heavy atom. The molecule has 0 aliphatic heterocycles. The third-order valence-electron chi connectivity index (χ3n) is 4.84. The van der Waals surface area contributed by atoms with Crippen LogP contribution in [0.15, 0.2) is 17.2 Å². The van der Waals surface area contributed by atoms with Crippen molar-refractivity contribution >= 4 is 11.4 Å². The number of methoxy groups -OCH3 is 3. The van der Waals surface area contributed by atoms with Crippen molar-refractivity contribution in [3.8, 4) is 17.2 Å². The number of benzene rings is 1. The van der Waals surface area contributed by atoms with E-state index in [0.29, 0.717) is 12.2 Å². The fraction of sp³-hybridized carbons (Fsp3) is 0.421. The van der Waals surface area contributed by atoms with E-state index < -0.39 is 0 Å². The van der Waals surface area contributed by atoms with Gasteiger partial charge in [0.1, 0.15) is 5.75 Å². The second-order valence-electron chi connectivity index (χ2n) is 6.16. The third kappa shape index (κ3) is 2.01. The largest absolute Gasteiger partial charge is 0.496 e. The number of hydrogen-bond donors (Lipinski definition) is 0. The Hall–Kier alpha value is -2.23. The highest BCUT2D eigenvalue weighted by molar-refractivity contribution is 6.19. The van der Waals surface area contributed by atoms with Crippen LogP contribution < -0.4 is 14.2 Å². The van der Waals surface area contributed by atoms with Gasteiger partial charge in [0.05, 0.1) is 21.3 Å². The van der Waals surface area contributed by atoms with Gasteiger partial charge in [-0.3, -0.25) is 4.79 Å². The summed E-state index contributed by atoms with van der Waals surface area (Å²) in [7, 11) is 4.95. The van der Waals surface area contributed by atoms with Gasteiger partial charge in [-0.25, -0.2) is 0 Å². The molecule has 4 nitrogen and oxygen atoms in total. The van der Waals surface area contributed by atoms with Crippen LogP contribution in [0.5, 0.6) is 17.2 Å². The molecule has 23 heavy (non-hydrogen) atoms. The average Bonchev–Trinajstić information content (AvgIpc) is 2.80. The Morgan fingerprint density at radius 1 is 1.00 bits per heavy atom. The molecule has 1 atom stereocenters. The fourth-order valence-corrected chi connectivity index (χ4v) is 3.92. The maximum atomic E-state index is 12.3. The Bertz CT molecular complexity index is 768. The van der Waals surface area contributed by atoms with Crippen LogP contribution in [-0.2, 0) is 4.79 Å². The Morgan fingerprint density at radius 3 is 2.17 bits per heavy atom. The lowest BCUT2D eigenvalue weighted by Gasteiger charge is -2.30. The molecule has 0 saturated heterocycles.